The molecule has 2 aliphatic heterocycles. The molecule has 2 atom stereocenters. The van der Waals surface area contributed by atoms with Gasteiger partial charge in [-0.15, -0.1) is 13.2 Å². The maximum Gasteiger partial charge on any atom is 0.573 e. The highest BCUT2D eigenvalue weighted by atomic mass is 19.4. The van der Waals surface area contributed by atoms with E-state index in [0.717, 1.165) is 11.3 Å². The summed E-state index contributed by atoms with van der Waals surface area (Å²) in [4.78, 5) is 21.5. The summed E-state index contributed by atoms with van der Waals surface area (Å²) >= 11 is 0. The van der Waals surface area contributed by atoms with E-state index < -0.39 is 6.36 Å². The predicted octanol–water partition coefficient (Wildman–Crippen LogP) is 4.94. The number of hydrogen-bond acceptors (Lipinski definition) is 4. The molecule has 2 aromatic carbocycles. The van der Waals surface area contributed by atoms with E-state index in [-0.39, 0.29) is 29.4 Å². The van der Waals surface area contributed by atoms with E-state index in [1.54, 1.807) is 45.0 Å². The molecule has 3 aromatic rings. The highest BCUT2D eigenvalue weighted by Crippen LogP contribution is 2.37. The van der Waals surface area contributed by atoms with Crippen molar-refractivity contribution in [2.24, 2.45) is 0 Å². The van der Waals surface area contributed by atoms with Crippen molar-refractivity contribution in [1.29, 1.82) is 0 Å². The van der Waals surface area contributed by atoms with Crippen molar-refractivity contribution < 1.29 is 31.8 Å². The van der Waals surface area contributed by atoms with Crippen LogP contribution in [0, 0.1) is 5.82 Å². The molecule has 0 N–H and O–H groups in total. The zero-order valence-corrected chi connectivity index (χ0v) is 19.9. The van der Waals surface area contributed by atoms with Crippen LogP contribution in [0.2, 0.25) is 0 Å². The number of amides is 2. The third-order valence-corrected chi connectivity index (χ3v) is 6.71. The average Bonchev–Trinajstić information content (AvgIpc) is 3.39. The Morgan fingerprint density at radius 1 is 1.00 bits per heavy atom. The number of halogens is 4. The van der Waals surface area contributed by atoms with Gasteiger partial charge in [-0.25, -0.2) is 14.2 Å². The fourth-order valence-corrected chi connectivity index (χ4v) is 4.93. The first-order chi connectivity index (χ1) is 17.7. The topological polar surface area (TPSA) is 59.8 Å². The van der Waals surface area contributed by atoms with E-state index in [1.807, 2.05) is 6.20 Å². The summed E-state index contributed by atoms with van der Waals surface area (Å²) in [7, 11) is 0. The number of carbonyl (C=O) groups is 1. The Morgan fingerprint density at radius 2 is 1.73 bits per heavy atom. The molecular formula is C26H26F4N4O3. The number of carbonyl (C=O) groups excluding carboxylic acids is 1. The lowest BCUT2D eigenvalue weighted by Gasteiger charge is -2.40. The third-order valence-electron chi connectivity index (χ3n) is 6.71. The number of urea groups is 1. The number of morpholine rings is 1. The van der Waals surface area contributed by atoms with Gasteiger partial charge in [0.15, 0.2) is 0 Å². The van der Waals surface area contributed by atoms with Crippen molar-refractivity contribution in [3.8, 4) is 11.4 Å². The van der Waals surface area contributed by atoms with Crippen LogP contribution in [0.3, 0.4) is 0 Å². The number of ether oxygens (including phenoxy) is 2. The summed E-state index contributed by atoms with van der Waals surface area (Å²) in [5, 5.41) is 0. The zero-order chi connectivity index (χ0) is 26.0. The van der Waals surface area contributed by atoms with E-state index in [4.69, 9.17) is 4.74 Å². The molecule has 0 aliphatic carbocycles. The van der Waals surface area contributed by atoms with Gasteiger partial charge in [0.05, 0.1) is 25.2 Å². The number of hydrogen-bond donors (Lipinski definition) is 0. The molecule has 196 valence electrons. The van der Waals surface area contributed by atoms with Crippen LogP contribution in [0.4, 0.5) is 22.4 Å². The summed E-state index contributed by atoms with van der Waals surface area (Å²) in [5.74, 6) is -0.892. The Labute approximate surface area is 211 Å². The highest BCUT2D eigenvalue weighted by Gasteiger charge is 2.35. The second-order valence-corrected chi connectivity index (χ2v) is 9.22. The molecule has 2 fully saturated rings. The number of aromatic nitrogens is 2. The number of alkyl halides is 3. The number of imidazole rings is 1. The second-order valence-electron chi connectivity index (χ2n) is 9.22. The van der Waals surface area contributed by atoms with Gasteiger partial charge in [0.1, 0.15) is 11.6 Å². The number of likely N-dealkylation sites (tertiary alicyclic amines) is 1. The molecule has 0 radical (unpaired) electrons. The van der Waals surface area contributed by atoms with Gasteiger partial charge in [0.2, 0.25) is 0 Å². The van der Waals surface area contributed by atoms with Crippen molar-refractivity contribution >= 4 is 6.03 Å². The molecule has 0 bridgehead atoms. The second kappa shape index (κ2) is 10.4. The molecule has 2 aliphatic rings. The minimum atomic E-state index is -4.76. The van der Waals surface area contributed by atoms with Crippen LogP contribution in [0.25, 0.3) is 5.69 Å². The summed E-state index contributed by atoms with van der Waals surface area (Å²) in [6.07, 6.45) is -0.670. The maximum atomic E-state index is 13.7. The summed E-state index contributed by atoms with van der Waals surface area (Å²) in [6, 6.07) is 11.9. The van der Waals surface area contributed by atoms with E-state index >= 15 is 0 Å². The van der Waals surface area contributed by atoms with Crippen LogP contribution in [-0.2, 0) is 4.74 Å². The maximum absolute atomic E-state index is 13.7. The normalized spacial score (nSPS) is 20.6. The highest BCUT2D eigenvalue weighted by molar-refractivity contribution is 5.75. The largest absolute Gasteiger partial charge is 0.573 e. The molecule has 2 saturated heterocycles. The lowest BCUT2D eigenvalue weighted by atomic mass is 9.83. The van der Waals surface area contributed by atoms with E-state index in [1.165, 1.54) is 24.3 Å². The lowest BCUT2D eigenvalue weighted by molar-refractivity contribution is -0.274. The molecule has 2 unspecified atom stereocenters. The summed E-state index contributed by atoms with van der Waals surface area (Å²) < 4.78 is 62.6. The Hall–Kier alpha value is -3.60. The Balaban J connectivity index is 1.40. The van der Waals surface area contributed by atoms with Gasteiger partial charge in [0, 0.05) is 49.9 Å². The monoisotopic (exact) mass is 518 g/mol. The van der Waals surface area contributed by atoms with Crippen molar-refractivity contribution in [2.45, 2.75) is 24.6 Å². The smallest absolute Gasteiger partial charge is 0.406 e. The number of nitrogens with zero attached hydrogens (tertiary/aromatic N) is 4. The van der Waals surface area contributed by atoms with Crippen molar-refractivity contribution in [2.75, 3.05) is 39.4 Å². The average molecular weight is 519 g/mol. The first-order valence-electron chi connectivity index (χ1n) is 12.0. The lowest BCUT2D eigenvalue weighted by Crippen LogP contribution is -2.52. The van der Waals surface area contributed by atoms with Crippen LogP contribution < -0.4 is 4.74 Å². The van der Waals surface area contributed by atoms with Crippen LogP contribution in [0.15, 0.2) is 61.1 Å². The standard InChI is InChI=1S/C26H26F4N4O3/c27-21-2-1-3-22(13-21)34-16-24(31-17-34)20-12-19(18-4-6-23(7-5-18)37-26(28,29)30)14-33(15-20)25(35)32-8-10-36-11-9-32/h1-7,13,16-17,19-20H,8-12,14-15H2. The van der Waals surface area contributed by atoms with Gasteiger partial charge >= 0.3 is 12.4 Å². The fraction of sp³-hybridized carbons (Fsp3) is 0.385. The molecule has 11 heteroatoms. The zero-order valence-electron chi connectivity index (χ0n) is 19.9. The Bertz CT molecular complexity index is 1230. The minimum absolute atomic E-state index is 0.0976. The molecule has 0 spiro atoms. The molecule has 7 nitrogen and oxygen atoms in total. The van der Waals surface area contributed by atoms with E-state index in [9.17, 15) is 22.4 Å². The summed E-state index contributed by atoms with van der Waals surface area (Å²) in [6.45, 7) is 2.83. The van der Waals surface area contributed by atoms with Crippen molar-refractivity contribution in [3.63, 3.8) is 0 Å². The predicted molar refractivity (Wildman–Crippen MR) is 126 cm³/mol. The van der Waals surface area contributed by atoms with Gasteiger partial charge in [0.25, 0.3) is 0 Å². The molecule has 2 amide bonds. The Kier molecular flexibility index (Phi) is 7.05. The van der Waals surface area contributed by atoms with Gasteiger partial charge in [-0.1, -0.05) is 18.2 Å². The van der Waals surface area contributed by atoms with Gasteiger partial charge < -0.3 is 23.8 Å². The van der Waals surface area contributed by atoms with Gasteiger partial charge in [-0.3, -0.25) is 0 Å². The first kappa shape index (κ1) is 25.1. The molecule has 1 aromatic heterocycles. The first-order valence-corrected chi connectivity index (χ1v) is 12.0. The molecule has 0 saturated carbocycles. The molecular weight excluding hydrogens is 492 g/mol. The molecule has 3 heterocycles. The summed E-state index contributed by atoms with van der Waals surface area (Å²) in [5.41, 5.74) is 2.20. The van der Waals surface area contributed by atoms with E-state index in [0.29, 0.717) is 51.5 Å². The van der Waals surface area contributed by atoms with E-state index in [2.05, 4.69) is 9.72 Å². The van der Waals surface area contributed by atoms with Crippen molar-refractivity contribution in [3.05, 3.63) is 78.1 Å². The molecule has 5 rings (SSSR count). The molecule has 37 heavy (non-hydrogen) atoms. The number of benzene rings is 2. The quantitative estimate of drug-likeness (QED) is 0.460. The van der Waals surface area contributed by atoms with Gasteiger partial charge in [-0.2, -0.15) is 0 Å². The SMILES string of the molecule is O=C(N1CCOCC1)N1CC(c2ccc(OC(F)(F)F)cc2)CC(c2cn(-c3cccc(F)c3)cn2)C1. The third kappa shape index (κ3) is 6.04. The minimum Gasteiger partial charge on any atom is -0.406 e. The number of rotatable bonds is 4. The van der Waals surface area contributed by atoms with Crippen LogP contribution >= 0.6 is 0 Å². The van der Waals surface area contributed by atoms with Crippen LogP contribution in [-0.4, -0.2) is 71.1 Å². The van der Waals surface area contributed by atoms with Crippen molar-refractivity contribution in [1.82, 2.24) is 19.4 Å². The van der Waals surface area contributed by atoms with Crippen LogP contribution in [0.1, 0.15) is 29.5 Å². The number of piperidine rings is 1. The fourth-order valence-electron chi connectivity index (χ4n) is 4.93. The van der Waals surface area contributed by atoms with Gasteiger partial charge in [-0.05, 0) is 42.3 Å². The van der Waals surface area contributed by atoms with Crippen LogP contribution in [0.5, 0.6) is 5.75 Å². The Morgan fingerprint density at radius 3 is 2.43 bits per heavy atom.